The maximum atomic E-state index is 13.2. The SMILES string of the molecule is COC(=O)c1c(C=Cc2ccc(F)cc2)cc(OCC2CC2)c(CC=C(C)C)c1O. The number of carbonyl (C=O) groups is 1. The van der Waals surface area contributed by atoms with Crippen LogP contribution < -0.4 is 4.74 Å². The highest BCUT2D eigenvalue weighted by Gasteiger charge is 2.26. The quantitative estimate of drug-likeness (QED) is 0.340. The Morgan fingerprint density at radius 1 is 1.20 bits per heavy atom. The van der Waals surface area contributed by atoms with E-state index >= 15 is 0 Å². The van der Waals surface area contributed by atoms with E-state index in [2.05, 4.69) is 0 Å². The molecule has 1 fully saturated rings. The number of hydrogen-bond donors (Lipinski definition) is 1. The molecule has 2 aromatic carbocycles. The largest absolute Gasteiger partial charge is 0.507 e. The molecule has 0 heterocycles. The number of allylic oxidation sites excluding steroid dienone is 2. The minimum absolute atomic E-state index is 0.0896. The van der Waals surface area contributed by atoms with E-state index in [0.717, 1.165) is 24.0 Å². The Kier molecular flexibility index (Phi) is 6.93. The number of ether oxygens (including phenoxy) is 2. The van der Waals surface area contributed by atoms with Crippen LogP contribution in [0.4, 0.5) is 4.39 Å². The van der Waals surface area contributed by atoms with Crippen LogP contribution in [0, 0.1) is 11.7 Å². The van der Waals surface area contributed by atoms with Gasteiger partial charge in [0.25, 0.3) is 0 Å². The summed E-state index contributed by atoms with van der Waals surface area (Å²) in [6.45, 7) is 4.53. The monoisotopic (exact) mass is 410 g/mol. The molecule has 30 heavy (non-hydrogen) atoms. The van der Waals surface area contributed by atoms with Crippen molar-refractivity contribution in [2.24, 2.45) is 5.92 Å². The second-order valence-corrected chi connectivity index (χ2v) is 7.78. The van der Waals surface area contributed by atoms with Crippen LogP contribution >= 0.6 is 0 Å². The Balaban J connectivity index is 2.06. The summed E-state index contributed by atoms with van der Waals surface area (Å²) in [5.74, 6) is 0.0227. The Hall–Kier alpha value is -3.08. The molecule has 0 unspecified atom stereocenters. The smallest absolute Gasteiger partial charge is 0.342 e. The molecule has 0 aromatic heterocycles. The molecule has 0 bridgehead atoms. The fraction of sp³-hybridized carbons (Fsp3) is 0.320. The minimum atomic E-state index is -0.626. The van der Waals surface area contributed by atoms with Crippen LogP contribution in [0.2, 0.25) is 0 Å². The second-order valence-electron chi connectivity index (χ2n) is 7.78. The summed E-state index contributed by atoms with van der Waals surface area (Å²) in [4.78, 5) is 12.5. The number of phenols is 1. The molecule has 158 valence electrons. The van der Waals surface area contributed by atoms with Gasteiger partial charge in [-0.2, -0.15) is 0 Å². The molecule has 0 spiro atoms. The maximum absolute atomic E-state index is 13.2. The van der Waals surface area contributed by atoms with Gasteiger partial charge in [0.2, 0.25) is 0 Å². The molecule has 1 aliphatic rings. The Morgan fingerprint density at radius 2 is 1.90 bits per heavy atom. The number of aromatic hydroxyl groups is 1. The number of benzene rings is 2. The maximum Gasteiger partial charge on any atom is 0.342 e. The predicted octanol–water partition coefficient (Wildman–Crippen LogP) is 5.79. The van der Waals surface area contributed by atoms with Gasteiger partial charge in [-0.25, -0.2) is 9.18 Å². The van der Waals surface area contributed by atoms with E-state index in [4.69, 9.17) is 9.47 Å². The van der Waals surface area contributed by atoms with Crippen LogP contribution in [0.25, 0.3) is 12.2 Å². The predicted molar refractivity (Wildman–Crippen MR) is 116 cm³/mol. The summed E-state index contributed by atoms with van der Waals surface area (Å²) >= 11 is 0. The van der Waals surface area contributed by atoms with Crippen LogP contribution in [-0.2, 0) is 11.2 Å². The molecular formula is C25H27FO4. The van der Waals surface area contributed by atoms with Crippen LogP contribution in [0.1, 0.15) is 53.7 Å². The molecule has 0 aliphatic heterocycles. The molecule has 2 aromatic rings. The zero-order chi connectivity index (χ0) is 21.7. The van der Waals surface area contributed by atoms with Crippen LogP contribution in [0.3, 0.4) is 0 Å². The lowest BCUT2D eigenvalue weighted by Crippen LogP contribution is -2.09. The summed E-state index contributed by atoms with van der Waals surface area (Å²) in [5, 5.41) is 11.0. The van der Waals surface area contributed by atoms with Crippen molar-refractivity contribution in [3.8, 4) is 11.5 Å². The lowest BCUT2D eigenvalue weighted by Gasteiger charge is -2.17. The highest BCUT2D eigenvalue weighted by molar-refractivity contribution is 5.98. The lowest BCUT2D eigenvalue weighted by atomic mass is 9.97. The van der Waals surface area contributed by atoms with Gasteiger partial charge < -0.3 is 14.6 Å². The molecule has 1 aliphatic carbocycles. The number of halogens is 1. The van der Waals surface area contributed by atoms with Gasteiger partial charge in [-0.1, -0.05) is 35.9 Å². The number of rotatable bonds is 8. The van der Waals surface area contributed by atoms with Gasteiger partial charge in [-0.15, -0.1) is 0 Å². The number of methoxy groups -OCH3 is 1. The average Bonchev–Trinajstić information content (AvgIpc) is 3.55. The summed E-state index contributed by atoms with van der Waals surface area (Å²) in [6, 6.07) is 7.77. The molecule has 3 rings (SSSR count). The number of esters is 1. The number of carbonyl (C=O) groups excluding carboxylic acids is 1. The molecule has 0 atom stereocenters. The van der Waals surface area contributed by atoms with Crippen molar-refractivity contribution >= 4 is 18.1 Å². The Morgan fingerprint density at radius 3 is 2.50 bits per heavy atom. The molecule has 0 saturated heterocycles. The van der Waals surface area contributed by atoms with Crippen molar-refractivity contribution in [1.82, 2.24) is 0 Å². The minimum Gasteiger partial charge on any atom is -0.507 e. The normalized spacial score (nSPS) is 13.3. The van der Waals surface area contributed by atoms with Crippen molar-refractivity contribution in [3.05, 3.63) is 70.1 Å². The van der Waals surface area contributed by atoms with Crippen molar-refractivity contribution in [2.75, 3.05) is 13.7 Å². The third-order valence-electron chi connectivity index (χ3n) is 5.00. The first kappa shape index (κ1) is 21.6. The zero-order valence-electron chi connectivity index (χ0n) is 17.6. The van der Waals surface area contributed by atoms with E-state index in [1.54, 1.807) is 30.4 Å². The Labute approximate surface area is 176 Å². The van der Waals surface area contributed by atoms with Gasteiger partial charge in [-0.3, -0.25) is 0 Å². The number of phenolic OH excluding ortho intramolecular Hbond substituents is 1. The van der Waals surface area contributed by atoms with Crippen molar-refractivity contribution in [1.29, 1.82) is 0 Å². The molecule has 5 heteroatoms. The van der Waals surface area contributed by atoms with E-state index in [1.807, 2.05) is 19.9 Å². The standard InChI is InChI=1S/C25H27FO4/c1-16(2)4-13-21-22(30-15-18-5-6-18)14-19(23(24(21)27)25(28)29-3)10-7-17-8-11-20(26)12-9-17/h4,7-12,14,18,27H,5-6,13,15H2,1-3H3. The highest BCUT2D eigenvalue weighted by Crippen LogP contribution is 2.38. The topological polar surface area (TPSA) is 55.8 Å². The molecule has 4 nitrogen and oxygen atoms in total. The number of hydrogen-bond acceptors (Lipinski definition) is 4. The second kappa shape index (κ2) is 9.61. The van der Waals surface area contributed by atoms with Crippen molar-refractivity contribution in [3.63, 3.8) is 0 Å². The van der Waals surface area contributed by atoms with Gasteiger partial charge in [0.1, 0.15) is 22.9 Å². The van der Waals surface area contributed by atoms with Gasteiger partial charge in [0.15, 0.2) is 0 Å². The van der Waals surface area contributed by atoms with Gasteiger partial charge >= 0.3 is 5.97 Å². The van der Waals surface area contributed by atoms with Crippen LogP contribution in [-0.4, -0.2) is 24.8 Å². The van der Waals surface area contributed by atoms with E-state index in [9.17, 15) is 14.3 Å². The first-order chi connectivity index (χ1) is 14.4. The van der Waals surface area contributed by atoms with E-state index < -0.39 is 5.97 Å². The fourth-order valence-electron chi connectivity index (χ4n) is 3.04. The van der Waals surface area contributed by atoms with Gasteiger partial charge in [-0.05, 0) is 68.4 Å². The lowest BCUT2D eigenvalue weighted by molar-refractivity contribution is 0.0597. The molecule has 0 amide bonds. The third kappa shape index (κ3) is 5.50. The zero-order valence-corrected chi connectivity index (χ0v) is 17.6. The van der Waals surface area contributed by atoms with E-state index in [-0.39, 0.29) is 17.1 Å². The first-order valence-corrected chi connectivity index (χ1v) is 10.1. The summed E-state index contributed by atoms with van der Waals surface area (Å²) in [7, 11) is 1.28. The van der Waals surface area contributed by atoms with E-state index in [1.165, 1.54) is 19.2 Å². The third-order valence-corrected chi connectivity index (χ3v) is 5.00. The fourth-order valence-corrected chi connectivity index (χ4v) is 3.04. The average molecular weight is 410 g/mol. The Bertz CT molecular complexity index is 966. The van der Waals surface area contributed by atoms with Crippen molar-refractivity contribution < 1.29 is 23.8 Å². The highest BCUT2D eigenvalue weighted by atomic mass is 19.1. The van der Waals surface area contributed by atoms with Crippen LogP contribution in [0.5, 0.6) is 11.5 Å². The molecule has 0 radical (unpaired) electrons. The molecule has 1 saturated carbocycles. The van der Waals surface area contributed by atoms with Gasteiger partial charge in [0.05, 0.1) is 13.7 Å². The van der Waals surface area contributed by atoms with Crippen LogP contribution in [0.15, 0.2) is 42.0 Å². The molecule has 1 N–H and O–H groups in total. The summed E-state index contributed by atoms with van der Waals surface area (Å²) in [6.07, 6.45) is 8.17. The summed E-state index contributed by atoms with van der Waals surface area (Å²) in [5.41, 5.74) is 3.00. The summed E-state index contributed by atoms with van der Waals surface area (Å²) < 4.78 is 24.1. The molecular weight excluding hydrogens is 383 g/mol. The first-order valence-electron chi connectivity index (χ1n) is 10.1. The van der Waals surface area contributed by atoms with Gasteiger partial charge in [0, 0.05) is 5.56 Å². The van der Waals surface area contributed by atoms with Crippen molar-refractivity contribution in [2.45, 2.75) is 33.1 Å². The van der Waals surface area contributed by atoms with E-state index in [0.29, 0.717) is 35.8 Å².